The predicted molar refractivity (Wildman–Crippen MR) is 85.9 cm³/mol. The quantitative estimate of drug-likeness (QED) is 0.920. The molecule has 0 spiro atoms. The summed E-state index contributed by atoms with van der Waals surface area (Å²) in [5.74, 6) is 0.0651. The van der Waals surface area contributed by atoms with Gasteiger partial charge in [-0.1, -0.05) is 19.9 Å². The van der Waals surface area contributed by atoms with Gasteiger partial charge in [-0.3, -0.25) is 4.79 Å². The molecule has 1 aliphatic rings. The van der Waals surface area contributed by atoms with Gasteiger partial charge in [-0.05, 0) is 43.5 Å². The Balaban J connectivity index is 2.28. The molecule has 6 heteroatoms. The van der Waals surface area contributed by atoms with E-state index < -0.39 is 10.0 Å². The van der Waals surface area contributed by atoms with Gasteiger partial charge in [0.05, 0.1) is 4.90 Å². The first-order chi connectivity index (χ1) is 10.2. The topological polar surface area (TPSA) is 66.5 Å². The zero-order valence-corrected chi connectivity index (χ0v) is 14.4. The molecule has 1 heterocycles. The van der Waals surface area contributed by atoms with Crippen LogP contribution in [0, 0.1) is 5.92 Å². The van der Waals surface area contributed by atoms with Crippen molar-refractivity contribution in [3.63, 3.8) is 0 Å². The fourth-order valence-electron chi connectivity index (χ4n) is 2.63. The number of nitrogens with zero attached hydrogens (tertiary/aromatic N) is 1. The third-order valence-electron chi connectivity index (χ3n) is 3.70. The average Bonchev–Trinajstić information content (AvgIpc) is 2.43. The molecule has 1 N–H and O–H groups in total. The highest BCUT2D eigenvalue weighted by atomic mass is 32.2. The molecular formula is C16H24N2O3S. The summed E-state index contributed by atoms with van der Waals surface area (Å²) in [7, 11) is -3.50. The molecule has 0 radical (unpaired) electrons. The zero-order chi connectivity index (χ0) is 16.5. The Morgan fingerprint density at radius 1 is 1.18 bits per heavy atom. The van der Waals surface area contributed by atoms with Gasteiger partial charge < -0.3 is 4.90 Å². The Bertz CT molecular complexity index is 666. The second-order valence-corrected chi connectivity index (χ2v) is 8.08. The fourth-order valence-corrected chi connectivity index (χ4v) is 3.93. The summed E-state index contributed by atoms with van der Waals surface area (Å²) in [4.78, 5) is 14.2. The largest absolute Gasteiger partial charge is 0.338 e. The lowest BCUT2D eigenvalue weighted by Gasteiger charge is -2.30. The SMILES string of the molecule is CC(C)NS(=O)(=O)c1ccc2c(c1)CN(C(=O)C(C)C)CC2. The van der Waals surface area contributed by atoms with Crippen molar-refractivity contribution in [2.45, 2.75) is 51.6 Å². The van der Waals surface area contributed by atoms with Crippen LogP contribution in [0.25, 0.3) is 0 Å². The molecule has 0 aliphatic carbocycles. The molecule has 0 saturated heterocycles. The Morgan fingerprint density at radius 3 is 2.45 bits per heavy atom. The normalized spacial score (nSPS) is 15.3. The number of fused-ring (bicyclic) bond motifs is 1. The van der Waals surface area contributed by atoms with E-state index in [4.69, 9.17) is 0 Å². The Labute approximate surface area is 132 Å². The number of sulfonamides is 1. The van der Waals surface area contributed by atoms with Crippen molar-refractivity contribution < 1.29 is 13.2 Å². The minimum Gasteiger partial charge on any atom is -0.338 e. The third kappa shape index (κ3) is 3.67. The highest BCUT2D eigenvalue weighted by Crippen LogP contribution is 2.23. The van der Waals surface area contributed by atoms with Crippen molar-refractivity contribution >= 4 is 15.9 Å². The van der Waals surface area contributed by atoms with Crippen LogP contribution in [0.4, 0.5) is 0 Å². The molecule has 122 valence electrons. The van der Waals surface area contributed by atoms with Crippen LogP contribution in [-0.4, -0.2) is 31.8 Å². The van der Waals surface area contributed by atoms with Crippen molar-refractivity contribution in [2.24, 2.45) is 5.92 Å². The lowest BCUT2D eigenvalue weighted by molar-refractivity contribution is -0.135. The molecule has 1 aromatic rings. The molecule has 1 aliphatic heterocycles. The van der Waals surface area contributed by atoms with E-state index in [1.165, 1.54) is 0 Å². The van der Waals surface area contributed by atoms with Gasteiger partial charge >= 0.3 is 0 Å². The molecule has 2 rings (SSSR count). The Morgan fingerprint density at radius 2 is 1.86 bits per heavy atom. The van der Waals surface area contributed by atoms with E-state index in [1.54, 1.807) is 30.9 Å². The van der Waals surface area contributed by atoms with Crippen LogP contribution < -0.4 is 4.72 Å². The highest BCUT2D eigenvalue weighted by molar-refractivity contribution is 7.89. The maximum atomic E-state index is 12.3. The van der Waals surface area contributed by atoms with Gasteiger partial charge in [0.2, 0.25) is 15.9 Å². The first-order valence-electron chi connectivity index (χ1n) is 7.63. The van der Waals surface area contributed by atoms with Gasteiger partial charge in [0.25, 0.3) is 0 Å². The number of hydrogen-bond donors (Lipinski definition) is 1. The second-order valence-electron chi connectivity index (χ2n) is 6.37. The average molecular weight is 324 g/mol. The van der Waals surface area contributed by atoms with E-state index in [0.29, 0.717) is 13.1 Å². The van der Waals surface area contributed by atoms with E-state index in [9.17, 15) is 13.2 Å². The smallest absolute Gasteiger partial charge is 0.240 e. The van der Waals surface area contributed by atoms with Crippen LogP contribution in [0.3, 0.4) is 0 Å². The molecule has 22 heavy (non-hydrogen) atoms. The van der Waals surface area contributed by atoms with E-state index >= 15 is 0 Å². The maximum absolute atomic E-state index is 12.3. The van der Waals surface area contributed by atoms with Crippen LogP contribution in [0.1, 0.15) is 38.8 Å². The van der Waals surface area contributed by atoms with E-state index in [1.807, 2.05) is 19.9 Å². The molecule has 0 fully saturated rings. The van der Waals surface area contributed by atoms with Crippen LogP contribution in [0.2, 0.25) is 0 Å². The number of benzene rings is 1. The van der Waals surface area contributed by atoms with Crippen molar-refractivity contribution in [1.29, 1.82) is 0 Å². The molecule has 1 aromatic carbocycles. The lowest BCUT2D eigenvalue weighted by Crippen LogP contribution is -2.38. The van der Waals surface area contributed by atoms with Crippen molar-refractivity contribution in [1.82, 2.24) is 9.62 Å². The molecular weight excluding hydrogens is 300 g/mol. The first-order valence-corrected chi connectivity index (χ1v) is 9.12. The Hall–Kier alpha value is -1.40. The minimum atomic E-state index is -3.50. The number of carbonyl (C=O) groups is 1. The molecule has 0 unspecified atom stereocenters. The molecule has 5 nitrogen and oxygen atoms in total. The molecule has 1 amide bonds. The fraction of sp³-hybridized carbons (Fsp3) is 0.562. The molecule has 0 saturated carbocycles. The number of carbonyl (C=O) groups excluding carboxylic acids is 1. The van der Waals surface area contributed by atoms with Gasteiger partial charge in [-0.15, -0.1) is 0 Å². The van der Waals surface area contributed by atoms with Crippen LogP contribution >= 0.6 is 0 Å². The lowest BCUT2D eigenvalue weighted by atomic mass is 9.99. The van der Waals surface area contributed by atoms with Crippen molar-refractivity contribution in [2.75, 3.05) is 6.54 Å². The van der Waals surface area contributed by atoms with E-state index in [0.717, 1.165) is 17.5 Å². The molecule has 0 aromatic heterocycles. The summed E-state index contributed by atoms with van der Waals surface area (Å²) in [6.07, 6.45) is 0.770. The maximum Gasteiger partial charge on any atom is 0.240 e. The summed E-state index contributed by atoms with van der Waals surface area (Å²) in [6.45, 7) is 8.52. The zero-order valence-electron chi connectivity index (χ0n) is 13.6. The standard InChI is InChI=1S/C16H24N2O3S/c1-11(2)16(19)18-8-7-13-5-6-15(9-14(13)10-18)22(20,21)17-12(3)4/h5-6,9,11-12,17H,7-8,10H2,1-4H3. The first kappa shape index (κ1) is 17.0. The highest BCUT2D eigenvalue weighted by Gasteiger charge is 2.24. The van der Waals surface area contributed by atoms with Gasteiger partial charge in [0.15, 0.2) is 0 Å². The van der Waals surface area contributed by atoms with Crippen molar-refractivity contribution in [3.8, 4) is 0 Å². The monoisotopic (exact) mass is 324 g/mol. The summed E-state index contributed by atoms with van der Waals surface area (Å²) < 4.78 is 27.1. The molecule has 0 bridgehead atoms. The number of nitrogens with one attached hydrogen (secondary N) is 1. The third-order valence-corrected chi connectivity index (χ3v) is 5.35. The summed E-state index contributed by atoms with van der Waals surface area (Å²) in [6, 6.07) is 5.05. The summed E-state index contributed by atoms with van der Waals surface area (Å²) in [5.41, 5.74) is 2.04. The predicted octanol–water partition coefficient (Wildman–Crippen LogP) is 1.91. The molecule has 0 atom stereocenters. The Kier molecular flexibility index (Phi) is 4.92. The summed E-state index contributed by atoms with van der Waals surface area (Å²) in [5, 5.41) is 0. The number of rotatable bonds is 4. The van der Waals surface area contributed by atoms with Crippen molar-refractivity contribution in [3.05, 3.63) is 29.3 Å². The number of hydrogen-bond acceptors (Lipinski definition) is 3. The van der Waals surface area contributed by atoms with Gasteiger partial charge in [0.1, 0.15) is 0 Å². The van der Waals surface area contributed by atoms with E-state index in [2.05, 4.69) is 4.72 Å². The van der Waals surface area contributed by atoms with Crippen LogP contribution in [-0.2, 0) is 27.8 Å². The van der Waals surface area contributed by atoms with Gasteiger partial charge in [0, 0.05) is 25.0 Å². The van der Waals surface area contributed by atoms with Gasteiger partial charge in [-0.25, -0.2) is 13.1 Å². The number of amides is 1. The summed E-state index contributed by atoms with van der Waals surface area (Å²) >= 11 is 0. The van der Waals surface area contributed by atoms with Crippen LogP contribution in [0.5, 0.6) is 0 Å². The van der Waals surface area contributed by atoms with Crippen LogP contribution in [0.15, 0.2) is 23.1 Å². The van der Waals surface area contributed by atoms with E-state index in [-0.39, 0.29) is 22.8 Å². The van der Waals surface area contributed by atoms with Gasteiger partial charge in [-0.2, -0.15) is 0 Å². The minimum absolute atomic E-state index is 0.0453. The second kappa shape index (κ2) is 6.38.